The molecule has 0 N–H and O–H groups in total. The SMILES string of the molecule is C=C1CC2=C(c3ccccc3)n3c(-c4ccccc4)cnc3CC2C1. The van der Waals surface area contributed by atoms with Crippen molar-refractivity contribution in [1.82, 2.24) is 9.55 Å². The Morgan fingerprint density at radius 3 is 2.28 bits per heavy atom. The number of benzene rings is 2. The van der Waals surface area contributed by atoms with E-state index in [-0.39, 0.29) is 0 Å². The first-order valence-corrected chi connectivity index (χ1v) is 8.89. The summed E-state index contributed by atoms with van der Waals surface area (Å²) >= 11 is 0. The van der Waals surface area contributed by atoms with Gasteiger partial charge in [-0.1, -0.05) is 72.8 Å². The van der Waals surface area contributed by atoms with Gasteiger partial charge in [-0.05, 0) is 29.9 Å². The lowest BCUT2D eigenvalue weighted by atomic mass is 9.90. The minimum Gasteiger partial charge on any atom is -0.296 e. The Morgan fingerprint density at radius 2 is 1.56 bits per heavy atom. The van der Waals surface area contributed by atoms with Crippen LogP contribution in [-0.2, 0) is 6.42 Å². The summed E-state index contributed by atoms with van der Waals surface area (Å²) < 4.78 is 2.38. The van der Waals surface area contributed by atoms with Crippen LogP contribution in [0.1, 0.15) is 24.2 Å². The Kier molecular flexibility index (Phi) is 3.24. The van der Waals surface area contributed by atoms with E-state index in [0.717, 1.165) is 19.3 Å². The molecular weight excluding hydrogens is 304 g/mol. The van der Waals surface area contributed by atoms with Crippen molar-refractivity contribution in [2.24, 2.45) is 5.92 Å². The predicted octanol–water partition coefficient (Wildman–Crippen LogP) is 5.33. The normalized spacial score (nSPS) is 19.0. The van der Waals surface area contributed by atoms with Gasteiger partial charge in [0.2, 0.25) is 0 Å². The highest BCUT2D eigenvalue weighted by atomic mass is 15.1. The van der Waals surface area contributed by atoms with Crippen molar-refractivity contribution in [3.63, 3.8) is 0 Å². The van der Waals surface area contributed by atoms with Gasteiger partial charge in [-0.2, -0.15) is 0 Å². The van der Waals surface area contributed by atoms with Crippen molar-refractivity contribution in [2.75, 3.05) is 0 Å². The van der Waals surface area contributed by atoms with Gasteiger partial charge in [0.15, 0.2) is 0 Å². The zero-order valence-corrected chi connectivity index (χ0v) is 14.2. The Hall–Kier alpha value is -2.87. The summed E-state index contributed by atoms with van der Waals surface area (Å²) in [5.41, 5.74) is 7.86. The first-order valence-electron chi connectivity index (χ1n) is 8.89. The zero-order valence-electron chi connectivity index (χ0n) is 14.2. The quantitative estimate of drug-likeness (QED) is 0.582. The van der Waals surface area contributed by atoms with Crippen LogP contribution in [0.15, 0.2) is 84.6 Å². The second-order valence-corrected chi connectivity index (χ2v) is 7.03. The minimum absolute atomic E-state index is 0.557. The largest absolute Gasteiger partial charge is 0.296 e. The summed E-state index contributed by atoms with van der Waals surface area (Å²) in [5.74, 6) is 1.72. The predicted molar refractivity (Wildman–Crippen MR) is 102 cm³/mol. The molecule has 2 heteroatoms. The van der Waals surface area contributed by atoms with Gasteiger partial charge in [-0.3, -0.25) is 4.57 Å². The molecule has 2 nitrogen and oxygen atoms in total. The standard InChI is InChI=1S/C23H20N2/c1-16-12-19-14-22-24-15-21(17-8-4-2-5-9-17)25(22)23(20(19)13-16)18-10-6-3-7-11-18/h2-11,15,19H,1,12-14H2. The van der Waals surface area contributed by atoms with Crippen molar-refractivity contribution in [3.8, 4) is 11.3 Å². The molecule has 1 aliphatic carbocycles. The monoisotopic (exact) mass is 324 g/mol. The molecule has 0 bridgehead atoms. The molecule has 0 saturated heterocycles. The summed E-state index contributed by atoms with van der Waals surface area (Å²) in [7, 11) is 0. The number of imidazole rings is 1. The molecule has 122 valence electrons. The van der Waals surface area contributed by atoms with E-state index in [0.29, 0.717) is 5.92 Å². The summed E-state index contributed by atoms with van der Waals surface area (Å²) in [6.07, 6.45) is 5.15. The molecule has 1 unspecified atom stereocenters. The van der Waals surface area contributed by atoms with Crippen LogP contribution in [0.2, 0.25) is 0 Å². The van der Waals surface area contributed by atoms with Crippen molar-refractivity contribution >= 4 is 5.70 Å². The van der Waals surface area contributed by atoms with E-state index in [2.05, 4.69) is 71.8 Å². The fourth-order valence-corrected chi connectivity index (χ4v) is 4.30. The number of nitrogens with zero attached hydrogens (tertiary/aromatic N) is 2. The third-order valence-electron chi connectivity index (χ3n) is 5.38. The van der Waals surface area contributed by atoms with Crippen LogP contribution in [0.3, 0.4) is 0 Å². The molecule has 1 saturated carbocycles. The maximum atomic E-state index is 4.79. The van der Waals surface area contributed by atoms with Crippen molar-refractivity contribution in [3.05, 3.63) is 96.0 Å². The van der Waals surface area contributed by atoms with Crippen molar-refractivity contribution < 1.29 is 0 Å². The molecule has 1 aliphatic heterocycles. The van der Waals surface area contributed by atoms with E-state index in [9.17, 15) is 0 Å². The molecular formula is C23H20N2. The molecule has 1 fully saturated rings. The Labute approximate surface area is 148 Å². The Morgan fingerprint density at radius 1 is 0.880 bits per heavy atom. The molecule has 25 heavy (non-hydrogen) atoms. The van der Waals surface area contributed by atoms with Crippen LogP contribution in [0.5, 0.6) is 0 Å². The number of allylic oxidation sites excluding steroid dienone is 2. The van der Waals surface area contributed by atoms with Gasteiger partial charge in [0, 0.05) is 12.0 Å². The van der Waals surface area contributed by atoms with Crippen LogP contribution < -0.4 is 0 Å². The minimum atomic E-state index is 0.557. The van der Waals surface area contributed by atoms with Gasteiger partial charge in [-0.15, -0.1) is 0 Å². The highest BCUT2D eigenvalue weighted by Crippen LogP contribution is 2.46. The third-order valence-corrected chi connectivity index (χ3v) is 5.38. The highest BCUT2D eigenvalue weighted by Gasteiger charge is 2.34. The average molecular weight is 324 g/mol. The topological polar surface area (TPSA) is 17.8 Å². The molecule has 2 heterocycles. The van der Waals surface area contributed by atoms with Gasteiger partial charge < -0.3 is 0 Å². The van der Waals surface area contributed by atoms with Gasteiger partial charge in [0.05, 0.1) is 17.6 Å². The second-order valence-electron chi connectivity index (χ2n) is 7.03. The molecule has 2 aliphatic rings. The highest BCUT2D eigenvalue weighted by molar-refractivity contribution is 5.77. The van der Waals surface area contributed by atoms with Crippen molar-refractivity contribution in [1.29, 1.82) is 0 Å². The summed E-state index contributed by atoms with van der Waals surface area (Å²) in [5, 5.41) is 0. The van der Waals surface area contributed by atoms with Crippen LogP contribution in [0.25, 0.3) is 17.0 Å². The molecule has 1 atom stereocenters. The lowest BCUT2D eigenvalue weighted by Crippen LogP contribution is -2.19. The van der Waals surface area contributed by atoms with Crippen LogP contribution >= 0.6 is 0 Å². The first kappa shape index (κ1) is 14.5. The molecule has 5 rings (SSSR count). The number of rotatable bonds is 2. The smallest absolute Gasteiger partial charge is 0.114 e. The fraction of sp³-hybridized carbons (Fsp3) is 0.174. The lowest BCUT2D eigenvalue weighted by Gasteiger charge is -2.27. The second kappa shape index (κ2) is 5.59. The molecule has 0 amide bonds. The molecule has 0 spiro atoms. The molecule has 3 aromatic rings. The van der Waals surface area contributed by atoms with E-state index in [1.54, 1.807) is 0 Å². The van der Waals surface area contributed by atoms with E-state index in [4.69, 9.17) is 4.98 Å². The number of hydrogen-bond donors (Lipinski definition) is 0. The van der Waals surface area contributed by atoms with Gasteiger partial charge in [-0.25, -0.2) is 4.98 Å². The lowest BCUT2D eigenvalue weighted by molar-refractivity contribution is 0.600. The number of hydrogen-bond acceptors (Lipinski definition) is 1. The summed E-state index contributed by atoms with van der Waals surface area (Å²) in [6.45, 7) is 4.27. The van der Waals surface area contributed by atoms with Crippen LogP contribution in [-0.4, -0.2) is 9.55 Å². The van der Waals surface area contributed by atoms with E-state index < -0.39 is 0 Å². The van der Waals surface area contributed by atoms with Gasteiger partial charge >= 0.3 is 0 Å². The van der Waals surface area contributed by atoms with Crippen LogP contribution in [0.4, 0.5) is 0 Å². The van der Waals surface area contributed by atoms with Gasteiger partial charge in [0.25, 0.3) is 0 Å². The Bertz CT molecular complexity index is 977. The van der Waals surface area contributed by atoms with E-state index >= 15 is 0 Å². The van der Waals surface area contributed by atoms with Gasteiger partial charge in [0.1, 0.15) is 5.82 Å². The first-order chi connectivity index (χ1) is 12.3. The maximum absolute atomic E-state index is 4.79. The average Bonchev–Trinajstić information content (AvgIpc) is 3.23. The van der Waals surface area contributed by atoms with Crippen molar-refractivity contribution in [2.45, 2.75) is 19.3 Å². The van der Waals surface area contributed by atoms with Crippen LogP contribution in [0, 0.1) is 5.92 Å². The zero-order chi connectivity index (χ0) is 16.8. The number of fused-ring (bicyclic) bond motifs is 2. The number of aromatic nitrogens is 2. The Balaban J connectivity index is 1.78. The summed E-state index contributed by atoms with van der Waals surface area (Å²) in [6, 6.07) is 21.3. The van der Waals surface area contributed by atoms with E-state index in [1.165, 1.54) is 39.5 Å². The fourth-order valence-electron chi connectivity index (χ4n) is 4.30. The maximum Gasteiger partial charge on any atom is 0.114 e. The molecule has 0 radical (unpaired) electrons. The summed E-state index contributed by atoms with van der Waals surface area (Å²) in [4.78, 5) is 4.79. The molecule has 2 aromatic carbocycles. The van der Waals surface area contributed by atoms with E-state index in [1.807, 2.05) is 6.20 Å². The third kappa shape index (κ3) is 2.29. The molecule has 1 aromatic heterocycles.